The van der Waals surface area contributed by atoms with E-state index < -0.39 is 0 Å². The second-order valence-corrected chi connectivity index (χ2v) is 4.10. The lowest BCUT2D eigenvalue weighted by atomic mass is 9.82. The van der Waals surface area contributed by atoms with Crippen LogP contribution in [0.1, 0.15) is 40.0 Å². The predicted octanol–water partition coefficient (Wildman–Crippen LogP) is 2.02. The van der Waals surface area contributed by atoms with E-state index >= 15 is 0 Å². The van der Waals surface area contributed by atoms with Gasteiger partial charge in [0.25, 0.3) is 0 Å². The van der Waals surface area contributed by atoms with Gasteiger partial charge in [-0.15, -0.1) is 0 Å². The van der Waals surface area contributed by atoms with Crippen LogP contribution in [0, 0.1) is 5.41 Å². The summed E-state index contributed by atoms with van der Waals surface area (Å²) >= 11 is 0. The van der Waals surface area contributed by atoms with Crippen LogP contribution in [0.5, 0.6) is 0 Å². The second-order valence-electron chi connectivity index (χ2n) is 4.10. The van der Waals surface area contributed by atoms with Gasteiger partial charge in [-0.3, -0.25) is 4.79 Å². The van der Waals surface area contributed by atoms with Crippen LogP contribution in [0.3, 0.4) is 0 Å². The predicted molar refractivity (Wildman–Crippen MR) is 55.8 cm³/mol. The first-order valence-electron chi connectivity index (χ1n) is 5.53. The topological polar surface area (TPSA) is 29.5 Å². The number of rotatable bonds is 5. The molecule has 82 valence electrons. The summed E-state index contributed by atoms with van der Waals surface area (Å²) in [5.41, 5.74) is 0.216. The molecule has 0 aromatic carbocycles. The van der Waals surface area contributed by atoms with Crippen LogP contribution < -0.4 is 0 Å². The van der Waals surface area contributed by atoms with Gasteiger partial charge in [-0.1, -0.05) is 13.8 Å². The van der Waals surface area contributed by atoms with Crippen molar-refractivity contribution in [1.29, 1.82) is 0 Å². The SMILES string of the molecule is CCOCN1CC(CC)(CC)CC1=O. The molecule has 0 atom stereocenters. The van der Waals surface area contributed by atoms with Gasteiger partial charge in [-0.2, -0.15) is 0 Å². The van der Waals surface area contributed by atoms with Crippen molar-refractivity contribution in [2.45, 2.75) is 40.0 Å². The van der Waals surface area contributed by atoms with Crippen molar-refractivity contribution in [2.24, 2.45) is 5.41 Å². The molecule has 3 nitrogen and oxygen atoms in total. The molecule has 0 saturated carbocycles. The molecule has 0 aromatic heterocycles. The zero-order valence-electron chi connectivity index (χ0n) is 9.51. The van der Waals surface area contributed by atoms with Crippen molar-refractivity contribution in [1.82, 2.24) is 4.90 Å². The first kappa shape index (κ1) is 11.5. The zero-order valence-corrected chi connectivity index (χ0v) is 9.51. The first-order valence-corrected chi connectivity index (χ1v) is 5.53. The maximum Gasteiger partial charge on any atom is 0.225 e. The number of hydrogen-bond donors (Lipinski definition) is 0. The number of carbonyl (C=O) groups is 1. The molecule has 1 aliphatic rings. The highest BCUT2D eigenvalue weighted by molar-refractivity contribution is 5.79. The summed E-state index contributed by atoms with van der Waals surface area (Å²) in [6.07, 6.45) is 2.86. The van der Waals surface area contributed by atoms with Gasteiger partial charge in [-0.05, 0) is 25.2 Å². The van der Waals surface area contributed by atoms with Crippen LogP contribution in [0.25, 0.3) is 0 Å². The fourth-order valence-corrected chi connectivity index (χ4v) is 2.02. The molecule has 0 aromatic rings. The molecule has 1 amide bonds. The van der Waals surface area contributed by atoms with Gasteiger partial charge >= 0.3 is 0 Å². The molecule has 3 heteroatoms. The van der Waals surface area contributed by atoms with E-state index in [1.807, 2.05) is 11.8 Å². The minimum atomic E-state index is 0.216. The molecule has 1 heterocycles. The number of ether oxygens (including phenoxy) is 1. The summed E-state index contributed by atoms with van der Waals surface area (Å²) < 4.78 is 5.28. The Morgan fingerprint density at radius 2 is 2.00 bits per heavy atom. The molecule has 1 aliphatic heterocycles. The summed E-state index contributed by atoms with van der Waals surface area (Å²) in [5.74, 6) is 0.252. The van der Waals surface area contributed by atoms with E-state index in [-0.39, 0.29) is 11.3 Å². The first-order chi connectivity index (χ1) is 6.67. The van der Waals surface area contributed by atoms with Crippen LogP contribution in [0.15, 0.2) is 0 Å². The lowest BCUT2D eigenvalue weighted by Gasteiger charge is -2.25. The fourth-order valence-electron chi connectivity index (χ4n) is 2.02. The summed E-state index contributed by atoms with van der Waals surface area (Å²) in [6, 6.07) is 0. The third-order valence-electron chi connectivity index (χ3n) is 3.36. The number of carbonyl (C=O) groups excluding carboxylic acids is 1. The van der Waals surface area contributed by atoms with Crippen LogP contribution in [-0.2, 0) is 9.53 Å². The Balaban J connectivity index is 2.53. The van der Waals surface area contributed by atoms with Gasteiger partial charge < -0.3 is 9.64 Å². The summed E-state index contributed by atoms with van der Waals surface area (Å²) in [4.78, 5) is 13.5. The zero-order chi connectivity index (χ0) is 10.6. The average molecular weight is 199 g/mol. The molecule has 0 bridgehead atoms. The van der Waals surface area contributed by atoms with E-state index in [0.29, 0.717) is 19.8 Å². The number of nitrogens with zero attached hydrogens (tertiary/aromatic N) is 1. The standard InChI is InChI=1S/C11H21NO2/c1-4-11(5-2)7-10(13)12(8-11)9-14-6-3/h4-9H2,1-3H3. The number of amides is 1. The summed E-state index contributed by atoms with van der Waals surface area (Å²) in [6.45, 7) is 8.31. The maximum atomic E-state index is 11.7. The minimum absolute atomic E-state index is 0.216. The van der Waals surface area contributed by atoms with Gasteiger partial charge in [0.05, 0.1) is 0 Å². The van der Waals surface area contributed by atoms with Crippen molar-refractivity contribution in [3.05, 3.63) is 0 Å². The highest BCUT2D eigenvalue weighted by atomic mass is 16.5. The lowest BCUT2D eigenvalue weighted by Crippen LogP contribution is -2.30. The van der Waals surface area contributed by atoms with E-state index in [1.54, 1.807) is 0 Å². The average Bonchev–Trinajstić information content (AvgIpc) is 2.53. The van der Waals surface area contributed by atoms with Crippen molar-refractivity contribution < 1.29 is 9.53 Å². The molecule has 0 aliphatic carbocycles. The molecule has 0 unspecified atom stereocenters. The Labute approximate surface area is 86.4 Å². The summed E-state index contributed by atoms with van der Waals surface area (Å²) in [5, 5.41) is 0. The van der Waals surface area contributed by atoms with E-state index in [2.05, 4.69) is 13.8 Å². The van der Waals surface area contributed by atoms with Gasteiger partial charge in [-0.25, -0.2) is 0 Å². The van der Waals surface area contributed by atoms with Crippen LogP contribution in [-0.4, -0.2) is 30.7 Å². The molecular formula is C11H21NO2. The Morgan fingerprint density at radius 3 is 2.43 bits per heavy atom. The fraction of sp³-hybridized carbons (Fsp3) is 0.909. The number of hydrogen-bond acceptors (Lipinski definition) is 2. The maximum absolute atomic E-state index is 11.7. The molecular weight excluding hydrogens is 178 g/mol. The van der Waals surface area contributed by atoms with E-state index in [0.717, 1.165) is 19.4 Å². The Hall–Kier alpha value is -0.570. The van der Waals surface area contributed by atoms with E-state index in [4.69, 9.17) is 4.74 Å². The van der Waals surface area contributed by atoms with Crippen LogP contribution >= 0.6 is 0 Å². The van der Waals surface area contributed by atoms with E-state index in [9.17, 15) is 4.79 Å². The molecule has 1 fully saturated rings. The van der Waals surface area contributed by atoms with Gasteiger partial charge in [0.15, 0.2) is 0 Å². The third-order valence-corrected chi connectivity index (χ3v) is 3.36. The molecule has 0 N–H and O–H groups in total. The Morgan fingerprint density at radius 1 is 1.36 bits per heavy atom. The molecule has 1 rings (SSSR count). The van der Waals surface area contributed by atoms with Crippen molar-refractivity contribution in [2.75, 3.05) is 19.9 Å². The Kier molecular flexibility index (Phi) is 3.93. The van der Waals surface area contributed by atoms with Gasteiger partial charge in [0, 0.05) is 19.6 Å². The third kappa shape index (κ3) is 2.27. The molecule has 0 spiro atoms. The minimum Gasteiger partial charge on any atom is -0.361 e. The van der Waals surface area contributed by atoms with Crippen molar-refractivity contribution in [3.63, 3.8) is 0 Å². The normalized spacial score (nSPS) is 20.5. The largest absolute Gasteiger partial charge is 0.361 e. The second kappa shape index (κ2) is 4.78. The van der Waals surface area contributed by atoms with Crippen LogP contribution in [0.4, 0.5) is 0 Å². The Bertz CT molecular complexity index is 199. The van der Waals surface area contributed by atoms with Crippen molar-refractivity contribution in [3.8, 4) is 0 Å². The molecule has 14 heavy (non-hydrogen) atoms. The van der Waals surface area contributed by atoms with Gasteiger partial charge in [0.1, 0.15) is 6.73 Å². The van der Waals surface area contributed by atoms with E-state index in [1.165, 1.54) is 0 Å². The monoisotopic (exact) mass is 199 g/mol. The van der Waals surface area contributed by atoms with Crippen molar-refractivity contribution >= 4 is 5.91 Å². The quantitative estimate of drug-likeness (QED) is 0.678. The smallest absolute Gasteiger partial charge is 0.225 e. The highest BCUT2D eigenvalue weighted by Gasteiger charge is 2.40. The van der Waals surface area contributed by atoms with Gasteiger partial charge in [0.2, 0.25) is 5.91 Å². The number of likely N-dealkylation sites (tertiary alicyclic amines) is 1. The molecule has 1 saturated heterocycles. The lowest BCUT2D eigenvalue weighted by molar-refractivity contribution is -0.132. The highest BCUT2D eigenvalue weighted by Crippen LogP contribution is 2.37. The van der Waals surface area contributed by atoms with Crippen LogP contribution in [0.2, 0.25) is 0 Å². The molecule has 0 radical (unpaired) electrons. The summed E-state index contributed by atoms with van der Waals surface area (Å²) in [7, 11) is 0.